The first-order chi connectivity index (χ1) is 13.6. The van der Waals surface area contributed by atoms with E-state index in [1.807, 2.05) is 0 Å². The Morgan fingerprint density at radius 3 is 2.66 bits per heavy atom. The summed E-state index contributed by atoms with van der Waals surface area (Å²) in [6, 6.07) is 6.61. The molecule has 2 aromatic heterocycles. The van der Waals surface area contributed by atoms with Crippen molar-refractivity contribution in [3.8, 4) is 5.82 Å². The van der Waals surface area contributed by atoms with Crippen molar-refractivity contribution in [2.75, 3.05) is 5.32 Å². The number of aryl methyl sites for hydroxylation is 1. The van der Waals surface area contributed by atoms with Gasteiger partial charge in [-0.25, -0.2) is 9.67 Å². The highest BCUT2D eigenvalue weighted by Gasteiger charge is 2.36. The molecule has 0 saturated heterocycles. The Labute approximate surface area is 175 Å². The van der Waals surface area contributed by atoms with Gasteiger partial charge in [-0.2, -0.15) is 18.3 Å². The van der Waals surface area contributed by atoms with Crippen molar-refractivity contribution in [3.63, 3.8) is 0 Å². The van der Waals surface area contributed by atoms with Crippen LogP contribution in [0.4, 0.5) is 18.9 Å². The van der Waals surface area contributed by atoms with Crippen LogP contribution in [0.5, 0.6) is 0 Å². The lowest BCUT2D eigenvalue weighted by Crippen LogP contribution is -2.19. The van der Waals surface area contributed by atoms with Crippen LogP contribution in [0.15, 0.2) is 41.0 Å². The molecular formula is C18H11BrClF3N4O2. The third kappa shape index (κ3) is 4.33. The van der Waals surface area contributed by atoms with Crippen molar-refractivity contribution in [1.29, 1.82) is 0 Å². The third-order valence-corrected chi connectivity index (χ3v) is 4.62. The highest BCUT2D eigenvalue weighted by atomic mass is 79.9. The predicted octanol–water partition coefficient (Wildman–Crippen LogP) is 5.08. The highest BCUT2D eigenvalue weighted by molar-refractivity contribution is 9.10. The van der Waals surface area contributed by atoms with Gasteiger partial charge in [-0.05, 0) is 36.8 Å². The second-order valence-electron chi connectivity index (χ2n) is 5.89. The first-order valence-electron chi connectivity index (χ1n) is 7.96. The first kappa shape index (κ1) is 21.0. The lowest BCUT2D eigenvalue weighted by molar-refractivity contribution is -0.141. The van der Waals surface area contributed by atoms with E-state index in [1.54, 1.807) is 13.0 Å². The molecule has 2 heterocycles. The van der Waals surface area contributed by atoms with Gasteiger partial charge in [0.05, 0.1) is 10.7 Å². The molecule has 29 heavy (non-hydrogen) atoms. The van der Waals surface area contributed by atoms with Crippen LogP contribution in [0.25, 0.3) is 5.82 Å². The van der Waals surface area contributed by atoms with E-state index in [1.165, 1.54) is 24.4 Å². The molecule has 0 unspecified atom stereocenters. The number of pyridine rings is 1. The van der Waals surface area contributed by atoms with Crippen molar-refractivity contribution in [1.82, 2.24) is 14.8 Å². The number of rotatable bonds is 4. The lowest BCUT2D eigenvalue weighted by atomic mass is 10.1. The van der Waals surface area contributed by atoms with Gasteiger partial charge in [-0.1, -0.05) is 27.5 Å². The van der Waals surface area contributed by atoms with Crippen molar-refractivity contribution >= 4 is 45.4 Å². The Balaban J connectivity index is 2.11. The van der Waals surface area contributed by atoms with Gasteiger partial charge in [-0.15, -0.1) is 0 Å². The molecule has 0 aliphatic rings. The van der Waals surface area contributed by atoms with E-state index in [0.29, 0.717) is 22.4 Å². The minimum absolute atomic E-state index is 0.00628. The summed E-state index contributed by atoms with van der Waals surface area (Å²) in [6.07, 6.45) is -2.95. The molecule has 0 aliphatic heterocycles. The summed E-state index contributed by atoms with van der Waals surface area (Å²) in [6.45, 7) is 1.64. The number of nitrogens with zero attached hydrogens (tertiary/aromatic N) is 3. The Morgan fingerprint density at radius 2 is 2.03 bits per heavy atom. The molecule has 6 nitrogen and oxygen atoms in total. The van der Waals surface area contributed by atoms with E-state index < -0.39 is 23.5 Å². The molecule has 11 heteroatoms. The van der Waals surface area contributed by atoms with Crippen molar-refractivity contribution in [3.05, 3.63) is 68.5 Å². The minimum Gasteiger partial charge on any atom is -0.320 e. The molecule has 1 N–H and O–H groups in total. The standard InChI is InChI=1S/C18H11BrClF3N4O2/c1-9-5-11(19)6-10(8-28)15(9)25-17(29)13-7-14(18(21,22)23)26-27(13)16-12(20)3-2-4-24-16/h2-8H,1H3,(H,25,29). The van der Waals surface area contributed by atoms with Crippen molar-refractivity contribution < 1.29 is 22.8 Å². The third-order valence-electron chi connectivity index (χ3n) is 3.87. The minimum atomic E-state index is -4.79. The van der Waals surface area contributed by atoms with Crippen LogP contribution in [0.2, 0.25) is 5.02 Å². The number of benzene rings is 1. The molecule has 0 atom stereocenters. The Morgan fingerprint density at radius 1 is 1.31 bits per heavy atom. The summed E-state index contributed by atoms with van der Waals surface area (Å²) in [7, 11) is 0. The average Bonchev–Trinajstić information content (AvgIpc) is 3.09. The monoisotopic (exact) mass is 486 g/mol. The summed E-state index contributed by atoms with van der Waals surface area (Å²) in [5.41, 5.74) is -0.873. The number of nitrogens with one attached hydrogen (secondary N) is 1. The molecule has 0 aliphatic carbocycles. The highest BCUT2D eigenvalue weighted by Crippen LogP contribution is 2.31. The molecule has 0 radical (unpaired) electrons. The van der Waals surface area contributed by atoms with E-state index in [4.69, 9.17) is 11.6 Å². The van der Waals surface area contributed by atoms with Gasteiger partial charge in [0.1, 0.15) is 5.69 Å². The van der Waals surface area contributed by atoms with E-state index >= 15 is 0 Å². The van der Waals surface area contributed by atoms with E-state index in [0.717, 1.165) is 4.68 Å². The fourth-order valence-corrected chi connectivity index (χ4v) is 3.38. The molecule has 3 rings (SSSR count). The molecule has 0 spiro atoms. The topological polar surface area (TPSA) is 76.9 Å². The molecular weight excluding hydrogens is 477 g/mol. The zero-order valence-electron chi connectivity index (χ0n) is 14.6. The van der Waals surface area contributed by atoms with Crippen LogP contribution in [-0.4, -0.2) is 27.0 Å². The number of halogens is 5. The van der Waals surface area contributed by atoms with Gasteiger partial charge in [-0.3, -0.25) is 9.59 Å². The number of aldehydes is 1. The normalized spacial score (nSPS) is 11.4. The summed E-state index contributed by atoms with van der Waals surface area (Å²) >= 11 is 9.26. The summed E-state index contributed by atoms with van der Waals surface area (Å²) in [5, 5.41) is 5.95. The van der Waals surface area contributed by atoms with Crippen LogP contribution in [0, 0.1) is 6.92 Å². The second kappa shape index (κ2) is 7.96. The smallest absolute Gasteiger partial charge is 0.320 e. The van der Waals surface area contributed by atoms with Crippen LogP contribution in [0.1, 0.15) is 32.1 Å². The fourth-order valence-electron chi connectivity index (χ4n) is 2.59. The summed E-state index contributed by atoms with van der Waals surface area (Å²) < 4.78 is 40.9. The predicted molar refractivity (Wildman–Crippen MR) is 104 cm³/mol. The van der Waals surface area contributed by atoms with Crippen LogP contribution in [0.3, 0.4) is 0 Å². The van der Waals surface area contributed by atoms with Crippen molar-refractivity contribution in [2.45, 2.75) is 13.1 Å². The fraction of sp³-hybridized carbons (Fsp3) is 0.111. The molecule has 150 valence electrons. The largest absolute Gasteiger partial charge is 0.435 e. The number of amides is 1. The number of anilines is 1. The Kier molecular flexibility index (Phi) is 5.76. The molecule has 0 bridgehead atoms. The van der Waals surface area contributed by atoms with Gasteiger partial charge < -0.3 is 5.32 Å². The van der Waals surface area contributed by atoms with E-state index in [2.05, 4.69) is 31.3 Å². The number of hydrogen-bond donors (Lipinski definition) is 1. The Bertz CT molecular complexity index is 1110. The van der Waals surface area contributed by atoms with Gasteiger partial charge in [0, 0.05) is 22.3 Å². The van der Waals surface area contributed by atoms with Crippen molar-refractivity contribution in [2.24, 2.45) is 0 Å². The quantitative estimate of drug-likeness (QED) is 0.521. The van der Waals surface area contributed by atoms with E-state index in [-0.39, 0.29) is 22.1 Å². The number of aromatic nitrogens is 3. The average molecular weight is 488 g/mol. The zero-order chi connectivity index (χ0) is 21.3. The van der Waals surface area contributed by atoms with Gasteiger partial charge in [0.25, 0.3) is 5.91 Å². The molecule has 0 saturated carbocycles. The maximum absolute atomic E-state index is 13.2. The second-order valence-corrected chi connectivity index (χ2v) is 7.21. The Hall–Kier alpha value is -2.72. The molecule has 3 aromatic rings. The lowest BCUT2D eigenvalue weighted by Gasteiger charge is -2.12. The number of hydrogen-bond acceptors (Lipinski definition) is 4. The first-order valence-corrected chi connectivity index (χ1v) is 9.13. The van der Waals surface area contributed by atoms with Crippen LogP contribution < -0.4 is 5.32 Å². The molecule has 1 aromatic carbocycles. The molecule has 1 amide bonds. The molecule has 0 fully saturated rings. The zero-order valence-corrected chi connectivity index (χ0v) is 16.9. The number of alkyl halides is 3. The SMILES string of the molecule is Cc1cc(Br)cc(C=O)c1NC(=O)c1cc(C(F)(F)F)nn1-c1ncccc1Cl. The van der Waals surface area contributed by atoms with Gasteiger partial charge in [0.15, 0.2) is 17.8 Å². The summed E-state index contributed by atoms with van der Waals surface area (Å²) in [4.78, 5) is 28.1. The van der Waals surface area contributed by atoms with E-state index in [9.17, 15) is 22.8 Å². The number of carbonyl (C=O) groups is 2. The maximum Gasteiger partial charge on any atom is 0.435 e. The van der Waals surface area contributed by atoms with Crippen LogP contribution in [-0.2, 0) is 6.18 Å². The van der Waals surface area contributed by atoms with Crippen LogP contribution >= 0.6 is 27.5 Å². The number of carbonyl (C=O) groups excluding carboxylic acids is 2. The van der Waals surface area contributed by atoms with Gasteiger partial charge >= 0.3 is 6.18 Å². The van der Waals surface area contributed by atoms with Gasteiger partial charge in [0.2, 0.25) is 0 Å². The maximum atomic E-state index is 13.2. The summed E-state index contributed by atoms with van der Waals surface area (Å²) in [5.74, 6) is -1.05.